The highest BCUT2D eigenvalue weighted by molar-refractivity contribution is 5.77. The molecule has 1 aliphatic rings. The molecule has 1 fully saturated rings. The Morgan fingerprint density at radius 3 is 2.65 bits per heavy atom. The van der Waals surface area contributed by atoms with Gasteiger partial charge < -0.3 is 14.6 Å². The van der Waals surface area contributed by atoms with Gasteiger partial charge in [-0.05, 0) is 23.8 Å². The molecule has 1 aliphatic carbocycles. The van der Waals surface area contributed by atoms with Crippen LogP contribution in [0.4, 0.5) is 0 Å². The molecule has 0 saturated heterocycles. The highest BCUT2D eigenvalue weighted by atomic mass is 16.5. The van der Waals surface area contributed by atoms with Crippen molar-refractivity contribution in [3.05, 3.63) is 63.1 Å². The fraction of sp³-hybridized carbons (Fsp3) is 0.520. The quantitative estimate of drug-likeness (QED) is 0.546. The lowest BCUT2D eigenvalue weighted by Crippen LogP contribution is -2.48. The molecule has 0 bridgehead atoms. The molecule has 182 valence electrons. The maximum Gasteiger partial charge on any atom is 0.333 e. The summed E-state index contributed by atoms with van der Waals surface area (Å²) in [4.78, 5) is 44.2. The third-order valence-corrected chi connectivity index (χ3v) is 7.06. The number of aromatic nitrogens is 4. The number of benzene rings is 1. The summed E-state index contributed by atoms with van der Waals surface area (Å²) in [6.07, 6.45) is 4.67. The van der Waals surface area contributed by atoms with Crippen LogP contribution in [0.3, 0.4) is 0 Å². The van der Waals surface area contributed by atoms with Crippen LogP contribution in [0.1, 0.15) is 38.7 Å². The Balaban J connectivity index is 1.72. The molecule has 1 N–H and O–H groups in total. The minimum absolute atomic E-state index is 0.0504. The van der Waals surface area contributed by atoms with Gasteiger partial charge in [-0.2, -0.15) is 0 Å². The van der Waals surface area contributed by atoms with E-state index in [0.717, 1.165) is 29.4 Å². The molecular weight excluding hydrogens is 434 g/mol. The number of carbonyl (C=O) groups is 1. The zero-order valence-corrected chi connectivity index (χ0v) is 20.1. The van der Waals surface area contributed by atoms with Crippen LogP contribution in [0.15, 0.2) is 46.2 Å². The summed E-state index contributed by atoms with van der Waals surface area (Å²) in [7, 11) is 1.58. The predicted octanol–water partition coefficient (Wildman–Crippen LogP) is 2.00. The number of ether oxygens (including phenoxy) is 1. The number of hydrogen-bond acceptors (Lipinski definition) is 5. The lowest BCUT2D eigenvalue weighted by molar-refractivity contribution is -0.123. The van der Waals surface area contributed by atoms with Gasteiger partial charge in [-0.3, -0.25) is 14.2 Å². The standard InChI is InChI=1S/C25H33N5O4/c1-17-8-7-11-20(18(17)2)27-21(31)15-30-24(32)22-23(26-16-28(22)12-13-34-3)29(25(30)33)14-19-9-5-4-6-10-19/h4-6,9-10,16-18,20H,7-8,11-15H2,1-3H3,(H,27,31). The van der Waals surface area contributed by atoms with E-state index in [1.807, 2.05) is 30.3 Å². The van der Waals surface area contributed by atoms with Crippen LogP contribution in [-0.4, -0.2) is 44.4 Å². The van der Waals surface area contributed by atoms with Crippen molar-refractivity contribution in [3.8, 4) is 0 Å². The number of rotatable bonds is 8. The van der Waals surface area contributed by atoms with Crippen molar-refractivity contribution in [2.75, 3.05) is 13.7 Å². The lowest BCUT2D eigenvalue weighted by atomic mass is 9.78. The number of fused-ring (bicyclic) bond motifs is 1. The number of imidazole rings is 1. The second-order valence-corrected chi connectivity index (χ2v) is 9.29. The van der Waals surface area contributed by atoms with Crippen molar-refractivity contribution in [1.82, 2.24) is 24.0 Å². The van der Waals surface area contributed by atoms with Crippen LogP contribution >= 0.6 is 0 Å². The van der Waals surface area contributed by atoms with Crippen molar-refractivity contribution in [3.63, 3.8) is 0 Å². The van der Waals surface area contributed by atoms with E-state index in [9.17, 15) is 14.4 Å². The predicted molar refractivity (Wildman–Crippen MR) is 130 cm³/mol. The molecular formula is C25H33N5O4. The molecule has 4 rings (SSSR count). The van der Waals surface area contributed by atoms with Gasteiger partial charge in [-0.15, -0.1) is 0 Å². The summed E-state index contributed by atoms with van der Waals surface area (Å²) in [5.74, 6) is 0.553. The Bertz CT molecular complexity index is 1260. The molecule has 9 nitrogen and oxygen atoms in total. The van der Waals surface area contributed by atoms with E-state index >= 15 is 0 Å². The van der Waals surface area contributed by atoms with Crippen LogP contribution < -0.4 is 16.6 Å². The molecule has 9 heteroatoms. The first-order valence-corrected chi connectivity index (χ1v) is 11.9. The van der Waals surface area contributed by atoms with E-state index in [4.69, 9.17) is 4.74 Å². The summed E-state index contributed by atoms with van der Waals surface area (Å²) in [6, 6.07) is 9.56. The number of nitrogens with zero attached hydrogens (tertiary/aromatic N) is 4. The Labute approximate surface area is 198 Å². The molecule has 3 unspecified atom stereocenters. The van der Waals surface area contributed by atoms with E-state index < -0.39 is 11.2 Å². The first-order chi connectivity index (χ1) is 16.4. The van der Waals surface area contributed by atoms with E-state index in [2.05, 4.69) is 24.1 Å². The average molecular weight is 468 g/mol. The van der Waals surface area contributed by atoms with Gasteiger partial charge in [0.2, 0.25) is 5.91 Å². The molecule has 0 spiro atoms. The van der Waals surface area contributed by atoms with Gasteiger partial charge in [-0.1, -0.05) is 57.0 Å². The van der Waals surface area contributed by atoms with Gasteiger partial charge in [0.15, 0.2) is 11.2 Å². The first kappa shape index (κ1) is 23.9. The normalized spacial score (nSPS) is 20.5. The highest BCUT2D eigenvalue weighted by Crippen LogP contribution is 2.29. The molecule has 1 aromatic carbocycles. The lowest BCUT2D eigenvalue weighted by Gasteiger charge is -2.34. The Kier molecular flexibility index (Phi) is 7.31. The van der Waals surface area contributed by atoms with Crippen molar-refractivity contribution in [2.24, 2.45) is 11.8 Å². The van der Waals surface area contributed by atoms with Gasteiger partial charge in [-0.25, -0.2) is 14.3 Å². The Morgan fingerprint density at radius 2 is 1.91 bits per heavy atom. The summed E-state index contributed by atoms with van der Waals surface area (Å²) >= 11 is 0. The molecule has 2 aromatic heterocycles. The maximum atomic E-state index is 13.4. The Morgan fingerprint density at radius 1 is 1.15 bits per heavy atom. The second kappa shape index (κ2) is 10.4. The zero-order valence-electron chi connectivity index (χ0n) is 20.1. The van der Waals surface area contributed by atoms with Crippen molar-refractivity contribution >= 4 is 17.1 Å². The molecule has 34 heavy (non-hydrogen) atoms. The van der Waals surface area contributed by atoms with Gasteiger partial charge in [0.05, 0.1) is 19.5 Å². The fourth-order valence-corrected chi connectivity index (χ4v) is 4.83. The molecule has 0 aliphatic heterocycles. The number of carbonyl (C=O) groups excluding carboxylic acids is 1. The average Bonchev–Trinajstić information content (AvgIpc) is 3.25. The zero-order chi connectivity index (χ0) is 24.2. The molecule has 2 heterocycles. The van der Waals surface area contributed by atoms with Gasteiger partial charge in [0.1, 0.15) is 6.54 Å². The minimum Gasteiger partial charge on any atom is -0.383 e. The van der Waals surface area contributed by atoms with Crippen LogP contribution in [0.5, 0.6) is 0 Å². The van der Waals surface area contributed by atoms with E-state index in [1.165, 1.54) is 4.57 Å². The summed E-state index contributed by atoms with van der Waals surface area (Å²) in [5.41, 5.74) is 0.440. The van der Waals surface area contributed by atoms with Crippen LogP contribution in [0.2, 0.25) is 0 Å². The monoisotopic (exact) mass is 467 g/mol. The molecule has 1 amide bonds. The molecule has 1 saturated carbocycles. The van der Waals surface area contributed by atoms with E-state index in [-0.39, 0.29) is 25.0 Å². The Hall–Kier alpha value is -3.20. The molecule has 0 radical (unpaired) electrons. The number of hydrogen-bond donors (Lipinski definition) is 1. The van der Waals surface area contributed by atoms with Crippen molar-refractivity contribution in [2.45, 2.75) is 58.8 Å². The van der Waals surface area contributed by atoms with Gasteiger partial charge in [0.25, 0.3) is 5.56 Å². The van der Waals surface area contributed by atoms with E-state index in [1.54, 1.807) is 18.0 Å². The van der Waals surface area contributed by atoms with Crippen molar-refractivity contribution in [1.29, 1.82) is 0 Å². The third-order valence-electron chi connectivity index (χ3n) is 7.06. The number of amides is 1. The second-order valence-electron chi connectivity index (χ2n) is 9.29. The largest absolute Gasteiger partial charge is 0.383 e. The smallest absolute Gasteiger partial charge is 0.333 e. The van der Waals surface area contributed by atoms with Crippen LogP contribution in [-0.2, 0) is 29.2 Å². The SMILES string of the molecule is COCCn1cnc2c1c(=O)n(CC(=O)NC1CCCC(C)C1C)c(=O)n2Cc1ccccc1. The number of methoxy groups -OCH3 is 1. The summed E-state index contributed by atoms with van der Waals surface area (Å²) in [5, 5.41) is 3.07. The number of nitrogens with one attached hydrogen (secondary N) is 1. The topological polar surface area (TPSA) is 100 Å². The first-order valence-electron chi connectivity index (χ1n) is 11.9. The van der Waals surface area contributed by atoms with Crippen LogP contribution in [0, 0.1) is 11.8 Å². The van der Waals surface area contributed by atoms with Crippen molar-refractivity contribution < 1.29 is 9.53 Å². The maximum absolute atomic E-state index is 13.4. The molecule has 3 atom stereocenters. The summed E-state index contributed by atoms with van der Waals surface area (Å²) < 4.78 is 9.34. The van der Waals surface area contributed by atoms with Gasteiger partial charge in [0, 0.05) is 19.7 Å². The fourth-order valence-electron chi connectivity index (χ4n) is 4.83. The third kappa shape index (κ3) is 4.84. The van der Waals surface area contributed by atoms with Gasteiger partial charge >= 0.3 is 5.69 Å². The van der Waals surface area contributed by atoms with Crippen LogP contribution in [0.25, 0.3) is 11.2 Å². The minimum atomic E-state index is -0.543. The molecule has 3 aromatic rings. The summed E-state index contributed by atoms with van der Waals surface area (Å²) in [6.45, 7) is 5.07. The van der Waals surface area contributed by atoms with E-state index in [0.29, 0.717) is 36.2 Å². The highest BCUT2D eigenvalue weighted by Gasteiger charge is 2.28.